The quantitative estimate of drug-likeness (QED) is 0.690. The smallest absolute Gasteiger partial charge is 0.337 e. The van der Waals surface area contributed by atoms with Crippen molar-refractivity contribution >= 4 is 30.1 Å². The van der Waals surface area contributed by atoms with Crippen LogP contribution in [0.15, 0.2) is 30.3 Å². The highest BCUT2D eigenvalue weighted by molar-refractivity contribution is 5.92. The number of fused-ring (bicyclic) bond motifs is 4. The Labute approximate surface area is 107 Å². The normalized spacial score (nSPS) is 14.7. The van der Waals surface area contributed by atoms with Crippen molar-refractivity contribution in [1.82, 2.24) is 9.88 Å². The number of H-pyrrole nitrogens is 1. The van der Waals surface area contributed by atoms with Crippen LogP contribution in [0.2, 0.25) is 0 Å². The predicted octanol–water partition coefficient (Wildman–Crippen LogP) is -0.893. The fraction of sp³-hybridized carbons (Fsp3) is 0. The van der Waals surface area contributed by atoms with Crippen LogP contribution in [0.25, 0.3) is 24.2 Å². The molecule has 3 heterocycles. The van der Waals surface area contributed by atoms with Crippen molar-refractivity contribution < 1.29 is 9.90 Å². The second-order valence-corrected chi connectivity index (χ2v) is 4.64. The number of nitrogens with zero attached hydrogens (tertiary/aromatic N) is 1. The lowest BCUT2D eigenvalue weighted by molar-refractivity contribution is 0.0695. The lowest BCUT2D eigenvalue weighted by Gasteiger charge is -2.21. The van der Waals surface area contributed by atoms with Gasteiger partial charge < -0.3 is 15.0 Å². The Morgan fingerprint density at radius 3 is 2.74 bits per heavy atom. The van der Waals surface area contributed by atoms with E-state index >= 15 is 0 Å². The van der Waals surface area contributed by atoms with Crippen molar-refractivity contribution in [3.63, 3.8) is 0 Å². The maximum absolute atomic E-state index is 11.3. The molecule has 0 saturated heterocycles. The molecule has 0 atom stereocenters. The Hall–Kier alpha value is -2.75. The summed E-state index contributed by atoms with van der Waals surface area (Å²) in [5.74, 6) is -0.910. The molecule has 2 aliphatic rings. The summed E-state index contributed by atoms with van der Waals surface area (Å²) < 4.78 is 0. The van der Waals surface area contributed by atoms with E-state index in [9.17, 15) is 9.90 Å². The molecule has 0 unspecified atom stereocenters. The Kier molecular flexibility index (Phi) is 1.82. The lowest BCUT2D eigenvalue weighted by atomic mass is 10.1. The third-order valence-electron chi connectivity index (χ3n) is 3.45. The number of nitrogens with one attached hydrogen (secondary N) is 1. The molecule has 2 N–H and O–H groups in total. The van der Waals surface area contributed by atoms with Crippen LogP contribution in [0.4, 0.5) is 0 Å². The van der Waals surface area contributed by atoms with Crippen molar-refractivity contribution in [1.29, 1.82) is 0 Å². The zero-order valence-electron chi connectivity index (χ0n) is 9.92. The van der Waals surface area contributed by atoms with Gasteiger partial charge in [-0.3, -0.25) is 0 Å². The van der Waals surface area contributed by atoms with E-state index in [1.54, 1.807) is 6.07 Å². The van der Waals surface area contributed by atoms with E-state index in [1.807, 2.05) is 47.6 Å². The van der Waals surface area contributed by atoms with Gasteiger partial charge in [0.2, 0.25) is 0 Å². The van der Waals surface area contributed by atoms with Gasteiger partial charge in [-0.1, -0.05) is 24.3 Å². The minimum Gasteiger partial charge on any atom is -0.478 e. The van der Waals surface area contributed by atoms with E-state index in [2.05, 4.69) is 4.98 Å². The van der Waals surface area contributed by atoms with E-state index in [0.29, 0.717) is 10.9 Å². The number of aromatic nitrogens is 1. The van der Waals surface area contributed by atoms with Gasteiger partial charge in [-0.15, -0.1) is 0 Å². The molecule has 0 aliphatic carbocycles. The molecular formula is C15H10N2O2. The fourth-order valence-corrected chi connectivity index (χ4v) is 2.57. The lowest BCUT2D eigenvalue weighted by Crippen LogP contribution is -2.37. The molecule has 0 saturated carbocycles. The molecular weight excluding hydrogens is 240 g/mol. The van der Waals surface area contributed by atoms with Gasteiger partial charge in [-0.25, -0.2) is 4.79 Å². The van der Waals surface area contributed by atoms with E-state index < -0.39 is 5.97 Å². The fourth-order valence-electron chi connectivity index (χ4n) is 2.57. The van der Waals surface area contributed by atoms with Crippen LogP contribution in [-0.2, 0) is 0 Å². The van der Waals surface area contributed by atoms with Gasteiger partial charge in [-0.05, 0) is 22.6 Å². The van der Waals surface area contributed by atoms with Crippen LogP contribution in [0.1, 0.15) is 10.4 Å². The molecule has 19 heavy (non-hydrogen) atoms. The van der Waals surface area contributed by atoms with Crippen LogP contribution < -0.4 is 21.1 Å². The highest BCUT2D eigenvalue weighted by atomic mass is 16.4. The highest BCUT2D eigenvalue weighted by Crippen LogP contribution is 2.12. The molecule has 0 fully saturated rings. The summed E-state index contributed by atoms with van der Waals surface area (Å²) in [7, 11) is 0. The summed E-state index contributed by atoms with van der Waals surface area (Å²) in [6.45, 7) is 0. The monoisotopic (exact) mass is 250 g/mol. The van der Waals surface area contributed by atoms with Crippen molar-refractivity contribution in [2.24, 2.45) is 0 Å². The summed E-state index contributed by atoms with van der Waals surface area (Å²) in [4.78, 5) is 16.3. The number of rotatable bonds is 1. The van der Waals surface area contributed by atoms with Crippen molar-refractivity contribution in [2.45, 2.75) is 0 Å². The molecule has 2 bridgehead atoms. The summed E-state index contributed by atoms with van der Waals surface area (Å²) >= 11 is 0. The number of hydrogen-bond donors (Lipinski definition) is 2. The van der Waals surface area contributed by atoms with E-state index in [-0.39, 0.29) is 0 Å². The molecule has 1 aromatic heterocycles. The minimum atomic E-state index is -0.910. The summed E-state index contributed by atoms with van der Waals surface area (Å²) in [5.41, 5.74) is 1.18. The van der Waals surface area contributed by atoms with E-state index in [1.165, 1.54) is 0 Å². The van der Waals surface area contributed by atoms with Crippen LogP contribution in [0.5, 0.6) is 0 Å². The first-order chi connectivity index (χ1) is 9.22. The van der Waals surface area contributed by atoms with Crippen molar-refractivity contribution in [3.05, 3.63) is 57.0 Å². The SMILES string of the molecule is O=C(O)c1cc2[nH]c1=C1C=c3ccccc3=CN1C=2. The number of carboxylic acids is 1. The van der Waals surface area contributed by atoms with Crippen LogP contribution in [0.3, 0.4) is 0 Å². The maximum Gasteiger partial charge on any atom is 0.337 e. The zero-order chi connectivity index (χ0) is 13.0. The molecule has 1 aromatic carbocycles. The van der Waals surface area contributed by atoms with E-state index in [0.717, 1.165) is 21.5 Å². The molecule has 2 aliphatic heterocycles. The third-order valence-corrected chi connectivity index (χ3v) is 3.45. The first-order valence-corrected chi connectivity index (χ1v) is 5.98. The molecule has 4 heteroatoms. The van der Waals surface area contributed by atoms with Gasteiger partial charge >= 0.3 is 5.97 Å². The van der Waals surface area contributed by atoms with Crippen molar-refractivity contribution in [3.8, 4) is 0 Å². The molecule has 4 rings (SSSR count). The highest BCUT2D eigenvalue weighted by Gasteiger charge is 2.18. The Morgan fingerprint density at radius 2 is 1.95 bits per heavy atom. The molecule has 2 aromatic rings. The van der Waals surface area contributed by atoms with Gasteiger partial charge in [-0.2, -0.15) is 0 Å². The molecule has 0 spiro atoms. The number of hydrogen-bond acceptors (Lipinski definition) is 2. The third kappa shape index (κ3) is 1.37. The van der Waals surface area contributed by atoms with Crippen LogP contribution in [-0.4, -0.2) is 21.0 Å². The number of aromatic amines is 1. The van der Waals surface area contributed by atoms with Crippen molar-refractivity contribution in [2.75, 3.05) is 0 Å². The Morgan fingerprint density at radius 1 is 1.16 bits per heavy atom. The number of benzene rings is 1. The first kappa shape index (κ1) is 10.2. The molecule has 0 radical (unpaired) electrons. The Bertz CT molecular complexity index is 951. The topological polar surface area (TPSA) is 56.3 Å². The predicted molar refractivity (Wildman–Crippen MR) is 71.3 cm³/mol. The molecule has 0 amide bonds. The molecule has 4 nitrogen and oxygen atoms in total. The van der Waals surface area contributed by atoms with Gasteiger partial charge in [0.1, 0.15) is 0 Å². The van der Waals surface area contributed by atoms with Gasteiger partial charge in [0.25, 0.3) is 0 Å². The standard InChI is InChI=1S/C15H10N2O2/c18-15(19)12-6-11-8-17-7-10-4-2-1-3-9(10)5-13(17)14(12)16-11/h1-8,16H,(H,18,19). The number of carbonyl (C=O) groups is 1. The first-order valence-electron chi connectivity index (χ1n) is 5.98. The Balaban J connectivity index is 2.15. The van der Waals surface area contributed by atoms with Crippen LogP contribution in [0, 0.1) is 0 Å². The average Bonchev–Trinajstić information content (AvgIpc) is 2.76. The molecule has 92 valence electrons. The minimum absolute atomic E-state index is 0.313. The summed E-state index contributed by atoms with van der Waals surface area (Å²) in [6.07, 6.45) is 5.93. The van der Waals surface area contributed by atoms with Crippen LogP contribution >= 0.6 is 0 Å². The van der Waals surface area contributed by atoms with Gasteiger partial charge in [0, 0.05) is 12.4 Å². The summed E-state index contributed by atoms with van der Waals surface area (Å²) in [6, 6.07) is 9.70. The second kappa shape index (κ2) is 3.38. The number of carboxylic acid groups (broad SMARTS) is 1. The second-order valence-electron chi connectivity index (χ2n) is 4.64. The largest absolute Gasteiger partial charge is 0.478 e. The summed E-state index contributed by atoms with van der Waals surface area (Å²) in [5, 5.41) is 12.9. The van der Waals surface area contributed by atoms with Gasteiger partial charge in [0.15, 0.2) is 0 Å². The zero-order valence-corrected chi connectivity index (χ0v) is 9.92. The number of aromatic carboxylic acids is 1. The maximum atomic E-state index is 11.3. The van der Waals surface area contributed by atoms with E-state index in [4.69, 9.17) is 0 Å². The van der Waals surface area contributed by atoms with Gasteiger partial charge in [0.05, 0.1) is 22.0 Å². The average molecular weight is 250 g/mol.